The average Bonchev–Trinajstić information content (AvgIpc) is 2.59. The summed E-state index contributed by atoms with van der Waals surface area (Å²) in [4.78, 5) is 0. The summed E-state index contributed by atoms with van der Waals surface area (Å²) in [5.41, 5.74) is 4.72. The fourth-order valence-electron chi connectivity index (χ4n) is 3.65. The predicted molar refractivity (Wildman–Crippen MR) is 73.4 cm³/mol. The minimum absolute atomic E-state index is 0.454. The van der Waals surface area contributed by atoms with E-state index in [0.29, 0.717) is 6.04 Å². The van der Waals surface area contributed by atoms with E-state index < -0.39 is 0 Å². The van der Waals surface area contributed by atoms with Gasteiger partial charge in [-0.2, -0.15) is 0 Å². The molecule has 2 nitrogen and oxygen atoms in total. The van der Waals surface area contributed by atoms with Crippen LogP contribution in [0.25, 0.3) is 0 Å². The lowest BCUT2D eigenvalue weighted by molar-refractivity contribution is 0.238. The Morgan fingerprint density at radius 3 is 2.88 bits per heavy atom. The van der Waals surface area contributed by atoms with E-state index in [-0.39, 0.29) is 0 Å². The van der Waals surface area contributed by atoms with Gasteiger partial charge in [-0.1, -0.05) is 37.8 Å². The van der Waals surface area contributed by atoms with Gasteiger partial charge in [0.1, 0.15) is 0 Å². The minimum Gasteiger partial charge on any atom is -0.271 e. The highest BCUT2D eigenvalue weighted by Gasteiger charge is 2.28. The molecule has 0 aromatic heterocycles. The van der Waals surface area contributed by atoms with Crippen LogP contribution in [0.2, 0.25) is 0 Å². The highest BCUT2D eigenvalue weighted by molar-refractivity contribution is 5.14. The van der Waals surface area contributed by atoms with Gasteiger partial charge in [0.15, 0.2) is 0 Å². The summed E-state index contributed by atoms with van der Waals surface area (Å²) in [5.74, 6) is 7.50. The van der Waals surface area contributed by atoms with E-state index in [4.69, 9.17) is 5.84 Å². The minimum atomic E-state index is 0.454. The Hall–Kier alpha value is -0.340. The molecule has 2 heteroatoms. The molecule has 0 saturated heterocycles. The van der Waals surface area contributed by atoms with E-state index in [9.17, 15) is 0 Å². The Morgan fingerprint density at radius 1 is 1.24 bits per heavy atom. The second kappa shape index (κ2) is 6.55. The van der Waals surface area contributed by atoms with E-state index in [1.807, 2.05) is 0 Å². The van der Waals surface area contributed by atoms with Gasteiger partial charge in [0, 0.05) is 6.04 Å². The maximum atomic E-state index is 5.84. The van der Waals surface area contributed by atoms with Crippen LogP contribution in [0.1, 0.15) is 64.7 Å². The van der Waals surface area contributed by atoms with E-state index >= 15 is 0 Å². The fraction of sp³-hybridized carbons (Fsp3) is 0.867. The molecule has 1 saturated carbocycles. The molecule has 0 aliphatic heterocycles. The van der Waals surface area contributed by atoms with Crippen molar-refractivity contribution in [2.45, 2.75) is 70.8 Å². The molecule has 2 aliphatic rings. The first-order valence-corrected chi connectivity index (χ1v) is 7.46. The van der Waals surface area contributed by atoms with Crippen LogP contribution in [0.3, 0.4) is 0 Å². The smallest absolute Gasteiger partial charge is 0.0448 e. The molecular weight excluding hydrogens is 208 g/mol. The lowest BCUT2D eigenvalue weighted by Crippen LogP contribution is -2.43. The number of hydrogen-bond acceptors (Lipinski definition) is 2. The second-order valence-electron chi connectivity index (χ2n) is 6.05. The van der Waals surface area contributed by atoms with E-state index in [1.54, 1.807) is 5.57 Å². The summed E-state index contributed by atoms with van der Waals surface area (Å²) in [7, 11) is 0. The highest BCUT2D eigenvalue weighted by Crippen LogP contribution is 2.34. The van der Waals surface area contributed by atoms with E-state index in [2.05, 4.69) is 18.4 Å². The normalized spacial score (nSPS) is 32.7. The first kappa shape index (κ1) is 13.1. The van der Waals surface area contributed by atoms with Crippen LogP contribution >= 0.6 is 0 Å². The molecule has 3 unspecified atom stereocenters. The standard InChI is InChI=1S/C15H28N2/c1-12-7-6-10-14(11-12)15(17-16)13-8-4-2-3-5-9-13/h8,12,14-15,17H,2-7,9-11,16H2,1H3. The van der Waals surface area contributed by atoms with E-state index in [0.717, 1.165) is 11.8 Å². The molecule has 0 aromatic carbocycles. The molecule has 3 atom stereocenters. The quantitative estimate of drug-likeness (QED) is 0.447. The van der Waals surface area contributed by atoms with Crippen molar-refractivity contribution in [1.82, 2.24) is 5.43 Å². The molecule has 2 rings (SSSR count). The van der Waals surface area contributed by atoms with Crippen LogP contribution in [-0.2, 0) is 0 Å². The SMILES string of the molecule is CC1CCCC(C(NN)C2=CCCCCC2)C1. The number of allylic oxidation sites excluding steroid dienone is 1. The number of nitrogens with two attached hydrogens (primary N) is 1. The summed E-state index contributed by atoms with van der Waals surface area (Å²) >= 11 is 0. The molecule has 0 spiro atoms. The van der Waals surface area contributed by atoms with E-state index in [1.165, 1.54) is 57.8 Å². The Balaban J connectivity index is 2.01. The van der Waals surface area contributed by atoms with Gasteiger partial charge in [0.05, 0.1) is 0 Å². The number of nitrogens with one attached hydrogen (secondary N) is 1. The molecule has 17 heavy (non-hydrogen) atoms. The van der Waals surface area contributed by atoms with Crippen LogP contribution in [0, 0.1) is 11.8 Å². The molecule has 0 amide bonds. The van der Waals surface area contributed by atoms with Gasteiger partial charge in [0.2, 0.25) is 0 Å². The maximum Gasteiger partial charge on any atom is 0.0448 e. The number of rotatable bonds is 3. The summed E-state index contributed by atoms with van der Waals surface area (Å²) < 4.78 is 0. The Labute approximate surface area is 106 Å². The third-order valence-corrected chi connectivity index (χ3v) is 4.60. The van der Waals surface area contributed by atoms with Crippen LogP contribution in [0.4, 0.5) is 0 Å². The molecule has 3 N–H and O–H groups in total. The molecule has 2 aliphatic carbocycles. The van der Waals surface area contributed by atoms with Gasteiger partial charge >= 0.3 is 0 Å². The second-order valence-corrected chi connectivity index (χ2v) is 6.05. The van der Waals surface area contributed by atoms with Crippen molar-refractivity contribution in [2.75, 3.05) is 0 Å². The molecule has 1 fully saturated rings. The van der Waals surface area contributed by atoms with Crippen LogP contribution < -0.4 is 11.3 Å². The lowest BCUT2D eigenvalue weighted by Gasteiger charge is -2.34. The van der Waals surface area contributed by atoms with Crippen molar-refractivity contribution in [3.8, 4) is 0 Å². The van der Waals surface area contributed by atoms with Gasteiger partial charge in [-0.15, -0.1) is 0 Å². The van der Waals surface area contributed by atoms with Gasteiger partial charge in [-0.25, -0.2) is 0 Å². The zero-order chi connectivity index (χ0) is 12.1. The van der Waals surface area contributed by atoms with Crippen molar-refractivity contribution in [2.24, 2.45) is 17.7 Å². The van der Waals surface area contributed by atoms with Gasteiger partial charge < -0.3 is 0 Å². The Morgan fingerprint density at radius 2 is 2.12 bits per heavy atom. The summed E-state index contributed by atoms with van der Waals surface area (Å²) in [6.07, 6.45) is 14.6. The van der Waals surface area contributed by atoms with Crippen molar-refractivity contribution in [3.63, 3.8) is 0 Å². The Kier molecular flexibility index (Phi) is 5.05. The summed E-state index contributed by atoms with van der Waals surface area (Å²) in [5, 5.41) is 0. The van der Waals surface area contributed by atoms with Crippen LogP contribution in [0.5, 0.6) is 0 Å². The molecule has 98 valence electrons. The van der Waals surface area contributed by atoms with Crippen LogP contribution in [0.15, 0.2) is 11.6 Å². The number of hydrogen-bond donors (Lipinski definition) is 2. The van der Waals surface area contributed by atoms with Crippen molar-refractivity contribution in [1.29, 1.82) is 0 Å². The molecule has 0 bridgehead atoms. The monoisotopic (exact) mass is 236 g/mol. The molecular formula is C15H28N2. The third kappa shape index (κ3) is 3.56. The fourth-order valence-corrected chi connectivity index (χ4v) is 3.65. The van der Waals surface area contributed by atoms with Crippen molar-refractivity contribution < 1.29 is 0 Å². The molecule has 0 aromatic rings. The largest absolute Gasteiger partial charge is 0.271 e. The van der Waals surface area contributed by atoms with Crippen LogP contribution in [-0.4, -0.2) is 6.04 Å². The summed E-state index contributed by atoms with van der Waals surface area (Å²) in [6.45, 7) is 2.39. The lowest BCUT2D eigenvalue weighted by atomic mass is 9.76. The predicted octanol–water partition coefficient (Wildman–Crippen LogP) is 3.54. The first-order chi connectivity index (χ1) is 8.31. The first-order valence-electron chi connectivity index (χ1n) is 7.46. The average molecular weight is 236 g/mol. The zero-order valence-electron chi connectivity index (χ0n) is 11.3. The maximum absolute atomic E-state index is 5.84. The highest BCUT2D eigenvalue weighted by atomic mass is 15.2. The molecule has 0 radical (unpaired) electrons. The van der Waals surface area contributed by atoms with Gasteiger partial charge in [-0.05, 0) is 50.4 Å². The van der Waals surface area contributed by atoms with Crippen molar-refractivity contribution in [3.05, 3.63) is 11.6 Å². The molecule has 0 heterocycles. The zero-order valence-corrected chi connectivity index (χ0v) is 11.3. The van der Waals surface area contributed by atoms with Gasteiger partial charge in [-0.3, -0.25) is 11.3 Å². The third-order valence-electron chi connectivity index (χ3n) is 4.60. The van der Waals surface area contributed by atoms with Crippen molar-refractivity contribution >= 4 is 0 Å². The van der Waals surface area contributed by atoms with Gasteiger partial charge in [0.25, 0.3) is 0 Å². The topological polar surface area (TPSA) is 38.0 Å². The number of hydrazine groups is 1. The summed E-state index contributed by atoms with van der Waals surface area (Å²) in [6, 6.07) is 0.454. The Bertz CT molecular complexity index is 260.